The molecule has 1 heterocycles. The summed E-state index contributed by atoms with van der Waals surface area (Å²) in [5.41, 5.74) is -0.0925. The van der Waals surface area contributed by atoms with Gasteiger partial charge in [-0.25, -0.2) is 0 Å². The van der Waals surface area contributed by atoms with E-state index < -0.39 is 16.6 Å². The van der Waals surface area contributed by atoms with Crippen molar-refractivity contribution in [3.05, 3.63) is 33.9 Å². The molecule has 0 saturated heterocycles. The van der Waals surface area contributed by atoms with E-state index in [1.54, 1.807) is 19.9 Å². The van der Waals surface area contributed by atoms with E-state index in [1.807, 2.05) is 19.0 Å². The summed E-state index contributed by atoms with van der Waals surface area (Å²) in [6.45, 7) is 3.61. The van der Waals surface area contributed by atoms with Gasteiger partial charge >= 0.3 is 0 Å². The quantitative estimate of drug-likeness (QED) is 0.669. The minimum absolute atomic E-state index is 0. The normalized spacial score (nSPS) is 23.5. The highest BCUT2D eigenvalue weighted by Crippen LogP contribution is 2.43. The van der Waals surface area contributed by atoms with Gasteiger partial charge in [0.25, 0.3) is 5.69 Å². The number of nitrogens with zero attached hydrogens (tertiary/aromatic N) is 2. The van der Waals surface area contributed by atoms with Gasteiger partial charge in [-0.05, 0) is 34.0 Å². The average Bonchev–Trinajstić information content (AvgIpc) is 2.29. The molecule has 0 aromatic heterocycles. The maximum absolute atomic E-state index is 10.9. The number of benzene rings is 1. The lowest BCUT2D eigenvalue weighted by Crippen LogP contribution is -2.52. The Balaban J connectivity index is 0.00000200. The molecule has 2 atom stereocenters. The minimum atomic E-state index is -0.767. The van der Waals surface area contributed by atoms with E-state index in [1.165, 1.54) is 12.1 Å². The van der Waals surface area contributed by atoms with E-state index in [9.17, 15) is 15.2 Å². The van der Waals surface area contributed by atoms with Gasteiger partial charge in [-0.2, -0.15) is 0 Å². The van der Waals surface area contributed by atoms with Crippen molar-refractivity contribution in [2.24, 2.45) is 0 Å². The summed E-state index contributed by atoms with van der Waals surface area (Å²) in [6.07, 6.45) is -0.767. The van der Waals surface area contributed by atoms with Crippen LogP contribution in [0.25, 0.3) is 0 Å². The maximum atomic E-state index is 10.9. The summed E-state index contributed by atoms with van der Waals surface area (Å²) in [4.78, 5) is 12.3. The number of nitro groups is 1. The van der Waals surface area contributed by atoms with Gasteiger partial charge in [-0.1, -0.05) is 0 Å². The predicted octanol–water partition coefficient (Wildman–Crippen LogP) is 2.15. The van der Waals surface area contributed by atoms with Crippen LogP contribution in [0.5, 0.6) is 5.75 Å². The number of fused-ring (bicyclic) bond motifs is 1. The third kappa shape index (κ3) is 2.72. The van der Waals surface area contributed by atoms with E-state index in [4.69, 9.17) is 4.74 Å². The average molecular weight is 303 g/mol. The Morgan fingerprint density at radius 2 is 2.00 bits per heavy atom. The highest BCUT2D eigenvalue weighted by Gasteiger charge is 2.44. The number of non-ortho nitro benzene ring substituents is 1. The second-order valence-corrected chi connectivity index (χ2v) is 5.54. The van der Waals surface area contributed by atoms with E-state index in [0.29, 0.717) is 11.3 Å². The third-order valence-corrected chi connectivity index (χ3v) is 3.46. The van der Waals surface area contributed by atoms with E-state index in [-0.39, 0.29) is 24.1 Å². The molecule has 1 aromatic rings. The van der Waals surface area contributed by atoms with Gasteiger partial charge in [-0.15, -0.1) is 12.4 Å². The number of halogens is 1. The van der Waals surface area contributed by atoms with Crippen LogP contribution in [0.4, 0.5) is 5.69 Å². The molecule has 2 rings (SSSR count). The molecule has 0 bridgehead atoms. The molecule has 6 nitrogen and oxygen atoms in total. The summed E-state index contributed by atoms with van der Waals surface area (Å²) in [6, 6.07) is 4.15. The van der Waals surface area contributed by atoms with Crippen molar-refractivity contribution in [2.45, 2.75) is 31.6 Å². The van der Waals surface area contributed by atoms with Crippen molar-refractivity contribution in [3.63, 3.8) is 0 Å². The fraction of sp³-hybridized carbons (Fsp3) is 0.538. The Kier molecular flexibility index (Phi) is 4.63. The molecule has 112 valence electrons. The molecule has 0 saturated carbocycles. The summed E-state index contributed by atoms with van der Waals surface area (Å²) in [5, 5.41) is 21.3. The number of hydrogen-bond donors (Lipinski definition) is 1. The molecular weight excluding hydrogens is 284 g/mol. The summed E-state index contributed by atoms with van der Waals surface area (Å²) in [7, 11) is 3.66. The van der Waals surface area contributed by atoms with Gasteiger partial charge in [0.2, 0.25) is 0 Å². The SMILES string of the molecule is CN(C)C1c2cc([N+](=O)[O-])ccc2OC(C)(C)C1O.Cl. The molecule has 0 aliphatic carbocycles. The molecule has 0 radical (unpaired) electrons. The lowest BCUT2D eigenvalue weighted by atomic mass is 9.86. The fourth-order valence-corrected chi connectivity index (χ4v) is 2.43. The number of hydrogen-bond acceptors (Lipinski definition) is 5. The lowest BCUT2D eigenvalue weighted by Gasteiger charge is -2.44. The Morgan fingerprint density at radius 1 is 1.40 bits per heavy atom. The minimum Gasteiger partial charge on any atom is -0.485 e. The van der Waals surface area contributed by atoms with Gasteiger partial charge in [0.05, 0.1) is 11.0 Å². The zero-order valence-corrected chi connectivity index (χ0v) is 12.7. The van der Waals surface area contributed by atoms with Crippen molar-refractivity contribution in [1.82, 2.24) is 4.90 Å². The first-order valence-corrected chi connectivity index (χ1v) is 6.06. The molecule has 1 aliphatic rings. The summed E-state index contributed by atoms with van der Waals surface area (Å²) < 4.78 is 5.75. The maximum Gasteiger partial charge on any atom is 0.270 e. The van der Waals surface area contributed by atoms with Crippen LogP contribution in [0.2, 0.25) is 0 Å². The molecule has 0 spiro atoms. The van der Waals surface area contributed by atoms with Gasteiger partial charge in [-0.3, -0.25) is 15.0 Å². The Hall–Kier alpha value is -1.37. The van der Waals surface area contributed by atoms with Gasteiger partial charge < -0.3 is 9.84 Å². The number of aliphatic hydroxyl groups is 1. The lowest BCUT2D eigenvalue weighted by molar-refractivity contribution is -0.385. The Morgan fingerprint density at radius 3 is 2.50 bits per heavy atom. The van der Waals surface area contributed by atoms with Crippen molar-refractivity contribution >= 4 is 18.1 Å². The second-order valence-electron chi connectivity index (χ2n) is 5.54. The van der Waals surface area contributed by atoms with Crippen molar-refractivity contribution in [1.29, 1.82) is 0 Å². The largest absolute Gasteiger partial charge is 0.485 e. The van der Waals surface area contributed by atoms with Gasteiger partial charge in [0, 0.05) is 17.7 Å². The van der Waals surface area contributed by atoms with Crippen LogP contribution in [0.15, 0.2) is 18.2 Å². The Labute approximate surface area is 123 Å². The zero-order chi connectivity index (χ0) is 14.4. The monoisotopic (exact) mass is 302 g/mol. The standard InChI is InChI=1S/C13H18N2O4.ClH/c1-13(2)12(16)11(14(3)4)9-7-8(15(17)18)5-6-10(9)19-13;/h5-7,11-12,16H,1-4H3;1H. The molecule has 2 unspecified atom stereocenters. The highest BCUT2D eigenvalue weighted by atomic mass is 35.5. The molecule has 0 fully saturated rings. The number of ether oxygens (including phenoxy) is 1. The van der Waals surface area contributed by atoms with E-state index in [0.717, 1.165) is 0 Å². The summed E-state index contributed by atoms with van der Waals surface area (Å²) in [5.74, 6) is 0.583. The topological polar surface area (TPSA) is 75.8 Å². The van der Waals surface area contributed by atoms with Crippen LogP contribution in [0, 0.1) is 10.1 Å². The van der Waals surface area contributed by atoms with Crippen molar-refractivity contribution in [3.8, 4) is 5.75 Å². The van der Waals surface area contributed by atoms with Crippen LogP contribution in [-0.2, 0) is 0 Å². The van der Waals surface area contributed by atoms with Crippen molar-refractivity contribution < 1.29 is 14.8 Å². The van der Waals surface area contributed by atoms with Gasteiger partial charge in [0.1, 0.15) is 17.5 Å². The van der Waals surface area contributed by atoms with Crippen LogP contribution in [-0.4, -0.2) is 40.7 Å². The smallest absolute Gasteiger partial charge is 0.270 e. The van der Waals surface area contributed by atoms with E-state index in [2.05, 4.69) is 0 Å². The van der Waals surface area contributed by atoms with Crippen LogP contribution >= 0.6 is 12.4 Å². The molecule has 7 heteroatoms. The number of rotatable bonds is 2. The molecule has 0 amide bonds. The first-order chi connectivity index (χ1) is 8.74. The fourth-order valence-electron chi connectivity index (χ4n) is 2.43. The second kappa shape index (κ2) is 5.55. The predicted molar refractivity (Wildman–Crippen MR) is 77.5 cm³/mol. The molecule has 20 heavy (non-hydrogen) atoms. The van der Waals surface area contributed by atoms with Crippen molar-refractivity contribution in [2.75, 3.05) is 14.1 Å². The molecular formula is C13H19ClN2O4. The number of aliphatic hydroxyl groups excluding tert-OH is 1. The first kappa shape index (κ1) is 16.7. The van der Waals surface area contributed by atoms with Crippen LogP contribution in [0.3, 0.4) is 0 Å². The van der Waals surface area contributed by atoms with E-state index >= 15 is 0 Å². The first-order valence-electron chi connectivity index (χ1n) is 6.06. The zero-order valence-electron chi connectivity index (χ0n) is 11.9. The number of nitro benzene ring substituents is 1. The molecule has 1 N–H and O–H groups in total. The Bertz CT molecular complexity index is 519. The van der Waals surface area contributed by atoms with Crippen LogP contribution < -0.4 is 4.74 Å². The molecule has 1 aliphatic heterocycles. The number of likely N-dealkylation sites (N-methyl/N-ethyl adjacent to an activating group) is 1. The van der Waals surface area contributed by atoms with Crippen LogP contribution in [0.1, 0.15) is 25.5 Å². The summed E-state index contributed by atoms with van der Waals surface area (Å²) >= 11 is 0. The highest BCUT2D eigenvalue weighted by molar-refractivity contribution is 5.85. The van der Waals surface area contributed by atoms with Gasteiger partial charge in [0.15, 0.2) is 0 Å². The third-order valence-electron chi connectivity index (χ3n) is 3.46. The molecule has 1 aromatic carbocycles.